The van der Waals surface area contributed by atoms with Crippen LogP contribution in [0.3, 0.4) is 0 Å². The van der Waals surface area contributed by atoms with Crippen molar-refractivity contribution in [1.82, 2.24) is 5.32 Å². The van der Waals surface area contributed by atoms with Gasteiger partial charge in [-0.3, -0.25) is 4.79 Å². The second-order valence-corrected chi connectivity index (χ2v) is 4.71. The fourth-order valence-corrected chi connectivity index (χ4v) is 1.71. The molecule has 1 rings (SSSR count). The van der Waals surface area contributed by atoms with E-state index < -0.39 is 11.6 Å². The summed E-state index contributed by atoms with van der Waals surface area (Å²) in [6.07, 6.45) is 1.27. The number of ketones is 1. The Morgan fingerprint density at radius 3 is 2.39 bits per heavy atom. The lowest BCUT2D eigenvalue weighted by Crippen LogP contribution is -2.24. The molecule has 1 aromatic rings. The third kappa shape index (κ3) is 5.87. The van der Waals surface area contributed by atoms with Crippen LogP contribution in [0.4, 0.5) is 8.78 Å². The van der Waals surface area contributed by atoms with E-state index in [1.165, 1.54) is 12.1 Å². The van der Waals surface area contributed by atoms with Crippen LogP contribution in [0.15, 0.2) is 18.2 Å². The minimum Gasteiger partial charge on any atom is -0.315 e. The summed E-state index contributed by atoms with van der Waals surface area (Å²) < 4.78 is 25.8. The normalized spacial score (nSPS) is 10.9. The predicted octanol–water partition coefficient (Wildman–Crippen LogP) is 2.85. The van der Waals surface area contributed by atoms with E-state index >= 15 is 0 Å². The fraction of sp³-hybridized carbons (Fsp3) is 0.500. The summed E-state index contributed by atoms with van der Waals surface area (Å²) in [6.45, 7) is 4.86. The third-order valence-corrected chi connectivity index (χ3v) is 2.51. The maximum Gasteiger partial charge on any atom is 0.137 e. The molecule has 0 aliphatic rings. The van der Waals surface area contributed by atoms with Crippen LogP contribution < -0.4 is 5.32 Å². The standard InChI is InChI=1S/C14H19F2NO/c1-10(2)17-5-3-4-14(18)8-11-6-12(15)9-13(16)7-11/h6-7,9-10,17H,3-5,8H2,1-2H3. The quantitative estimate of drug-likeness (QED) is 0.759. The molecule has 100 valence electrons. The van der Waals surface area contributed by atoms with Crippen LogP contribution in [0.5, 0.6) is 0 Å². The topological polar surface area (TPSA) is 29.1 Å². The van der Waals surface area contributed by atoms with Gasteiger partial charge in [0.25, 0.3) is 0 Å². The van der Waals surface area contributed by atoms with Crippen LogP contribution in [0, 0.1) is 11.6 Å². The highest BCUT2D eigenvalue weighted by atomic mass is 19.1. The maximum atomic E-state index is 12.9. The molecular weight excluding hydrogens is 236 g/mol. The summed E-state index contributed by atoms with van der Waals surface area (Å²) in [5, 5.41) is 3.21. The summed E-state index contributed by atoms with van der Waals surface area (Å²) in [6, 6.07) is 3.61. The second-order valence-electron chi connectivity index (χ2n) is 4.71. The Labute approximate surface area is 106 Å². The van der Waals surface area contributed by atoms with E-state index in [0.717, 1.165) is 19.0 Å². The van der Waals surface area contributed by atoms with Gasteiger partial charge in [-0.15, -0.1) is 0 Å². The van der Waals surface area contributed by atoms with Crippen LogP contribution in [0.1, 0.15) is 32.3 Å². The third-order valence-electron chi connectivity index (χ3n) is 2.51. The number of halogens is 2. The molecule has 1 aromatic carbocycles. The highest BCUT2D eigenvalue weighted by Crippen LogP contribution is 2.10. The number of carbonyl (C=O) groups is 1. The highest BCUT2D eigenvalue weighted by Gasteiger charge is 2.06. The summed E-state index contributed by atoms with van der Waals surface area (Å²) >= 11 is 0. The lowest BCUT2D eigenvalue weighted by Gasteiger charge is -2.07. The SMILES string of the molecule is CC(C)NCCCC(=O)Cc1cc(F)cc(F)c1. The molecule has 0 amide bonds. The zero-order valence-electron chi connectivity index (χ0n) is 10.8. The molecule has 1 N–H and O–H groups in total. The van der Waals surface area contributed by atoms with Gasteiger partial charge in [-0.25, -0.2) is 8.78 Å². The van der Waals surface area contributed by atoms with Crippen molar-refractivity contribution in [2.24, 2.45) is 0 Å². The zero-order valence-corrected chi connectivity index (χ0v) is 10.8. The number of Topliss-reactive ketones (excluding diaryl/α,β-unsaturated/α-hetero) is 1. The van der Waals surface area contributed by atoms with Crippen molar-refractivity contribution in [2.75, 3.05) is 6.54 Å². The van der Waals surface area contributed by atoms with Crippen LogP contribution >= 0.6 is 0 Å². The molecule has 0 saturated carbocycles. The monoisotopic (exact) mass is 255 g/mol. The summed E-state index contributed by atoms with van der Waals surface area (Å²) in [5.74, 6) is -1.27. The van der Waals surface area contributed by atoms with Gasteiger partial charge in [-0.2, -0.15) is 0 Å². The molecule has 0 bridgehead atoms. The second kappa shape index (κ2) is 7.21. The Morgan fingerprint density at radius 1 is 1.22 bits per heavy atom. The summed E-state index contributed by atoms with van der Waals surface area (Å²) in [5.41, 5.74) is 0.398. The Balaban J connectivity index is 2.35. The van der Waals surface area contributed by atoms with Crippen molar-refractivity contribution in [3.63, 3.8) is 0 Å². The molecule has 0 saturated heterocycles. The van der Waals surface area contributed by atoms with Crippen LogP contribution in [-0.2, 0) is 11.2 Å². The van der Waals surface area contributed by atoms with Crippen LogP contribution in [0.2, 0.25) is 0 Å². The van der Waals surface area contributed by atoms with Crippen molar-refractivity contribution < 1.29 is 13.6 Å². The molecule has 4 heteroatoms. The van der Waals surface area contributed by atoms with Crippen LogP contribution in [0.25, 0.3) is 0 Å². The average molecular weight is 255 g/mol. The zero-order chi connectivity index (χ0) is 13.5. The molecule has 0 aliphatic carbocycles. The Bertz CT molecular complexity index is 385. The van der Waals surface area contributed by atoms with Gasteiger partial charge in [-0.05, 0) is 30.7 Å². The molecule has 0 aliphatic heterocycles. The van der Waals surface area contributed by atoms with E-state index in [1.54, 1.807) is 0 Å². The van der Waals surface area contributed by atoms with Gasteiger partial charge in [-0.1, -0.05) is 13.8 Å². The lowest BCUT2D eigenvalue weighted by molar-refractivity contribution is -0.118. The van der Waals surface area contributed by atoms with Gasteiger partial charge in [0.1, 0.15) is 17.4 Å². The number of hydrogen-bond acceptors (Lipinski definition) is 2. The van der Waals surface area contributed by atoms with Gasteiger partial charge in [0.05, 0.1) is 0 Å². The van der Waals surface area contributed by atoms with Gasteiger partial charge >= 0.3 is 0 Å². The Hall–Kier alpha value is -1.29. The van der Waals surface area contributed by atoms with Crippen molar-refractivity contribution in [2.45, 2.75) is 39.2 Å². The van der Waals surface area contributed by atoms with E-state index in [4.69, 9.17) is 0 Å². The van der Waals surface area contributed by atoms with E-state index in [2.05, 4.69) is 5.32 Å². The number of carbonyl (C=O) groups excluding carboxylic acids is 1. The first-order valence-electron chi connectivity index (χ1n) is 6.17. The first kappa shape index (κ1) is 14.8. The minimum atomic E-state index is -0.640. The number of nitrogens with one attached hydrogen (secondary N) is 1. The summed E-state index contributed by atoms with van der Waals surface area (Å²) in [7, 11) is 0. The Morgan fingerprint density at radius 2 is 1.83 bits per heavy atom. The molecule has 0 radical (unpaired) electrons. The van der Waals surface area contributed by atoms with Gasteiger partial charge < -0.3 is 5.32 Å². The molecule has 0 spiro atoms. The maximum absolute atomic E-state index is 12.9. The number of benzene rings is 1. The molecule has 0 aromatic heterocycles. The smallest absolute Gasteiger partial charge is 0.137 e. The van der Waals surface area contributed by atoms with Gasteiger partial charge in [0.2, 0.25) is 0 Å². The molecule has 0 unspecified atom stereocenters. The predicted molar refractivity (Wildman–Crippen MR) is 67.4 cm³/mol. The summed E-state index contributed by atoms with van der Waals surface area (Å²) in [4.78, 5) is 11.6. The van der Waals surface area contributed by atoms with Gasteiger partial charge in [0, 0.05) is 24.9 Å². The van der Waals surface area contributed by atoms with Crippen molar-refractivity contribution >= 4 is 5.78 Å². The first-order valence-corrected chi connectivity index (χ1v) is 6.17. The van der Waals surface area contributed by atoms with E-state index in [-0.39, 0.29) is 12.2 Å². The van der Waals surface area contributed by atoms with Crippen molar-refractivity contribution in [1.29, 1.82) is 0 Å². The first-order chi connectivity index (χ1) is 8.47. The fourth-order valence-electron chi connectivity index (χ4n) is 1.71. The van der Waals surface area contributed by atoms with E-state index in [9.17, 15) is 13.6 Å². The van der Waals surface area contributed by atoms with Crippen molar-refractivity contribution in [3.8, 4) is 0 Å². The highest BCUT2D eigenvalue weighted by molar-refractivity contribution is 5.80. The van der Waals surface area contributed by atoms with Crippen molar-refractivity contribution in [3.05, 3.63) is 35.4 Å². The lowest BCUT2D eigenvalue weighted by atomic mass is 10.1. The Kier molecular flexibility index (Phi) is 5.92. The molecule has 2 nitrogen and oxygen atoms in total. The molecule has 0 atom stereocenters. The van der Waals surface area contributed by atoms with E-state index in [1.807, 2.05) is 13.8 Å². The number of hydrogen-bond donors (Lipinski definition) is 1. The average Bonchev–Trinajstić information content (AvgIpc) is 2.22. The number of rotatable bonds is 7. The van der Waals surface area contributed by atoms with E-state index in [0.29, 0.717) is 18.0 Å². The largest absolute Gasteiger partial charge is 0.315 e. The van der Waals surface area contributed by atoms with Crippen LogP contribution in [-0.4, -0.2) is 18.4 Å². The molecule has 0 heterocycles. The minimum absolute atomic E-state index is 0.00514. The molecule has 0 fully saturated rings. The molecular formula is C14H19F2NO. The van der Waals surface area contributed by atoms with Gasteiger partial charge in [0.15, 0.2) is 0 Å². The molecule has 18 heavy (non-hydrogen) atoms.